The third-order valence-corrected chi connectivity index (χ3v) is 2.10. The molecule has 2 heteroatoms. The van der Waals surface area contributed by atoms with Gasteiger partial charge in [0.2, 0.25) is 0 Å². The highest BCUT2D eigenvalue weighted by molar-refractivity contribution is 5.21. The van der Waals surface area contributed by atoms with Crippen LogP contribution in [0.15, 0.2) is 18.2 Å². The molecule has 0 aliphatic carbocycles. The maximum absolute atomic E-state index is 13.0. The third kappa shape index (κ3) is 1.81. The van der Waals surface area contributed by atoms with Gasteiger partial charge in [-0.05, 0) is 36.1 Å². The molecule has 0 bridgehead atoms. The van der Waals surface area contributed by atoms with E-state index in [4.69, 9.17) is 0 Å². The van der Waals surface area contributed by atoms with Crippen LogP contribution in [0.3, 0.4) is 0 Å². The highest BCUT2D eigenvalue weighted by atomic mass is 19.1. The molecule has 0 heterocycles. The third-order valence-electron chi connectivity index (χ3n) is 2.10. The molecule has 0 nitrogen and oxygen atoms in total. The van der Waals surface area contributed by atoms with Crippen LogP contribution in [-0.4, -0.2) is 0 Å². The monoisotopic (exact) mass is 170 g/mol. The molecule has 0 saturated carbocycles. The second-order valence-corrected chi connectivity index (χ2v) is 2.98. The van der Waals surface area contributed by atoms with Gasteiger partial charge in [0.05, 0.1) is 0 Å². The van der Waals surface area contributed by atoms with Crippen LogP contribution in [-0.2, 0) is 0 Å². The van der Waals surface area contributed by atoms with Crippen LogP contribution in [0.25, 0.3) is 0 Å². The summed E-state index contributed by atoms with van der Waals surface area (Å²) in [5.74, 6) is -0.599. The number of hydrogen-bond acceptors (Lipinski definition) is 0. The molecule has 12 heavy (non-hydrogen) atoms. The van der Waals surface area contributed by atoms with Crippen molar-refractivity contribution in [3.63, 3.8) is 0 Å². The first-order chi connectivity index (χ1) is 5.65. The minimum Gasteiger partial charge on any atom is -0.207 e. The van der Waals surface area contributed by atoms with Gasteiger partial charge in [-0.25, -0.2) is 8.78 Å². The zero-order chi connectivity index (χ0) is 9.14. The van der Waals surface area contributed by atoms with Gasteiger partial charge in [-0.15, -0.1) is 0 Å². The predicted octanol–water partition coefficient (Wildman–Crippen LogP) is 3.48. The maximum atomic E-state index is 13.0. The Hall–Kier alpha value is -0.920. The summed E-state index contributed by atoms with van der Waals surface area (Å²) in [6, 6.07) is 3.58. The van der Waals surface area contributed by atoms with Crippen molar-refractivity contribution in [3.8, 4) is 0 Å². The Balaban J connectivity index is 3.04. The minimum atomic E-state index is -0.369. The van der Waals surface area contributed by atoms with Crippen LogP contribution in [0.4, 0.5) is 8.78 Å². The van der Waals surface area contributed by atoms with Gasteiger partial charge in [-0.2, -0.15) is 0 Å². The van der Waals surface area contributed by atoms with E-state index in [-0.39, 0.29) is 17.6 Å². The van der Waals surface area contributed by atoms with Crippen molar-refractivity contribution >= 4 is 0 Å². The summed E-state index contributed by atoms with van der Waals surface area (Å²) in [5, 5.41) is 0. The van der Waals surface area contributed by atoms with E-state index in [0.29, 0.717) is 5.56 Å². The molecule has 0 unspecified atom stereocenters. The molecule has 0 N–H and O–H groups in total. The average molecular weight is 170 g/mol. The molecule has 0 saturated heterocycles. The Labute approximate surface area is 71.2 Å². The molecule has 0 aliphatic rings. The summed E-state index contributed by atoms with van der Waals surface area (Å²) >= 11 is 0. The number of halogens is 2. The van der Waals surface area contributed by atoms with Crippen molar-refractivity contribution in [1.29, 1.82) is 0 Å². The fourth-order valence-electron chi connectivity index (χ4n) is 1.11. The summed E-state index contributed by atoms with van der Waals surface area (Å²) in [7, 11) is 0. The zero-order valence-electron chi connectivity index (χ0n) is 7.27. The molecule has 1 aromatic rings. The van der Waals surface area contributed by atoms with E-state index in [1.807, 2.05) is 13.8 Å². The van der Waals surface area contributed by atoms with Crippen molar-refractivity contribution < 1.29 is 8.78 Å². The van der Waals surface area contributed by atoms with Gasteiger partial charge in [0.15, 0.2) is 0 Å². The van der Waals surface area contributed by atoms with Crippen LogP contribution in [0, 0.1) is 11.6 Å². The second-order valence-electron chi connectivity index (χ2n) is 2.98. The normalized spacial score (nSPS) is 13.0. The first-order valence-electron chi connectivity index (χ1n) is 4.10. The van der Waals surface area contributed by atoms with E-state index in [2.05, 4.69) is 0 Å². The maximum Gasteiger partial charge on any atom is 0.126 e. The smallest absolute Gasteiger partial charge is 0.126 e. The van der Waals surface area contributed by atoms with Crippen LogP contribution in [0.5, 0.6) is 0 Å². The van der Waals surface area contributed by atoms with Crippen LogP contribution < -0.4 is 0 Å². The molecule has 0 aliphatic heterocycles. The van der Waals surface area contributed by atoms with Crippen molar-refractivity contribution in [1.82, 2.24) is 0 Å². The number of hydrogen-bond donors (Lipinski definition) is 0. The topological polar surface area (TPSA) is 0 Å². The van der Waals surface area contributed by atoms with Crippen molar-refractivity contribution in [3.05, 3.63) is 35.4 Å². The van der Waals surface area contributed by atoms with E-state index in [9.17, 15) is 8.78 Å². The lowest BCUT2D eigenvalue weighted by Gasteiger charge is -2.09. The zero-order valence-corrected chi connectivity index (χ0v) is 7.27. The summed E-state index contributed by atoms with van der Waals surface area (Å²) < 4.78 is 25.7. The lowest BCUT2D eigenvalue weighted by molar-refractivity contribution is 0.564. The average Bonchev–Trinajstić information content (AvgIpc) is 2.08. The Morgan fingerprint density at radius 3 is 2.58 bits per heavy atom. The largest absolute Gasteiger partial charge is 0.207 e. The van der Waals surface area contributed by atoms with E-state index in [1.54, 1.807) is 0 Å². The van der Waals surface area contributed by atoms with Crippen molar-refractivity contribution in [2.75, 3.05) is 0 Å². The summed E-state index contributed by atoms with van der Waals surface area (Å²) in [5.41, 5.74) is 0.470. The molecule has 0 radical (unpaired) electrons. The molecule has 1 rings (SSSR count). The molecule has 1 aromatic carbocycles. The minimum absolute atomic E-state index is 0.0840. The second kappa shape index (κ2) is 3.65. The molecular formula is C10H12F2. The van der Waals surface area contributed by atoms with Gasteiger partial charge < -0.3 is 0 Å². The van der Waals surface area contributed by atoms with Gasteiger partial charge >= 0.3 is 0 Å². The van der Waals surface area contributed by atoms with Gasteiger partial charge in [0.25, 0.3) is 0 Å². The highest BCUT2D eigenvalue weighted by Crippen LogP contribution is 2.22. The first kappa shape index (κ1) is 9.17. The molecule has 1 atom stereocenters. The fourth-order valence-corrected chi connectivity index (χ4v) is 1.11. The van der Waals surface area contributed by atoms with E-state index in [0.717, 1.165) is 12.5 Å². The van der Waals surface area contributed by atoms with Crippen LogP contribution in [0.2, 0.25) is 0 Å². The molecule has 0 amide bonds. The highest BCUT2D eigenvalue weighted by Gasteiger charge is 2.09. The molecular weight excluding hydrogens is 158 g/mol. The Kier molecular flexibility index (Phi) is 2.79. The van der Waals surface area contributed by atoms with E-state index >= 15 is 0 Å². The fraction of sp³-hybridized carbons (Fsp3) is 0.400. The quantitative estimate of drug-likeness (QED) is 0.637. The summed E-state index contributed by atoms with van der Waals surface area (Å²) in [6.07, 6.45) is 0.820. The summed E-state index contributed by atoms with van der Waals surface area (Å²) in [4.78, 5) is 0. The molecule has 0 spiro atoms. The summed E-state index contributed by atoms with van der Waals surface area (Å²) in [6.45, 7) is 3.84. The SMILES string of the molecule is CC[C@@H](C)c1cc(F)ccc1F. The van der Waals surface area contributed by atoms with E-state index in [1.165, 1.54) is 12.1 Å². The Morgan fingerprint density at radius 1 is 1.33 bits per heavy atom. The molecule has 0 fully saturated rings. The van der Waals surface area contributed by atoms with Gasteiger partial charge in [-0.3, -0.25) is 0 Å². The standard InChI is InChI=1S/C10H12F2/c1-3-7(2)9-6-8(11)4-5-10(9)12/h4-7H,3H2,1-2H3/t7-/m1/s1. The van der Waals surface area contributed by atoms with E-state index < -0.39 is 0 Å². The predicted molar refractivity (Wildman–Crippen MR) is 45.1 cm³/mol. The molecule has 66 valence electrons. The first-order valence-corrected chi connectivity index (χ1v) is 4.10. The lowest BCUT2D eigenvalue weighted by atomic mass is 9.98. The Bertz CT molecular complexity index is 269. The molecule has 0 aromatic heterocycles. The van der Waals surface area contributed by atoms with Crippen molar-refractivity contribution in [2.45, 2.75) is 26.2 Å². The van der Waals surface area contributed by atoms with Crippen LogP contribution in [0.1, 0.15) is 31.7 Å². The van der Waals surface area contributed by atoms with Gasteiger partial charge in [0.1, 0.15) is 11.6 Å². The number of rotatable bonds is 2. The van der Waals surface area contributed by atoms with Crippen LogP contribution >= 0.6 is 0 Å². The van der Waals surface area contributed by atoms with Gasteiger partial charge in [0, 0.05) is 0 Å². The number of benzene rings is 1. The van der Waals surface area contributed by atoms with Gasteiger partial charge in [-0.1, -0.05) is 13.8 Å². The lowest BCUT2D eigenvalue weighted by Crippen LogP contribution is -1.96. The van der Waals surface area contributed by atoms with Crippen molar-refractivity contribution in [2.24, 2.45) is 0 Å². The Morgan fingerprint density at radius 2 is 2.00 bits per heavy atom.